The van der Waals surface area contributed by atoms with Crippen LogP contribution in [0.15, 0.2) is 34.9 Å². The Hall–Kier alpha value is -2.82. The molecule has 0 radical (unpaired) electrons. The van der Waals surface area contributed by atoms with Gasteiger partial charge in [0.1, 0.15) is 4.47 Å². The van der Waals surface area contributed by atoms with Crippen LogP contribution in [0.3, 0.4) is 0 Å². The van der Waals surface area contributed by atoms with E-state index in [0.717, 1.165) is 0 Å². The van der Waals surface area contributed by atoms with Gasteiger partial charge in [0.05, 0.1) is 22.8 Å². The van der Waals surface area contributed by atoms with Gasteiger partial charge < -0.3 is 15.4 Å². The summed E-state index contributed by atoms with van der Waals surface area (Å²) in [5, 5.41) is 27.5. The lowest BCUT2D eigenvalue weighted by atomic mass is 10.2. The molecule has 0 bridgehead atoms. The van der Waals surface area contributed by atoms with Crippen molar-refractivity contribution in [2.45, 2.75) is 13.0 Å². The van der Waals surface area contributed by atoms with Crippen molar-refractivity contribution in [3.63, 3.8) is 0 Å². The first-order chi connectivity index (χ1) is 10.9. The number of non-ortho nitro benzene ring substituents is 1. The smallest absolute Gasteiger partial charge is 0.358 e. The molecule has 0 fully saturated rings. The lowest BCUT2D eigenvalue weighted by Gasteiger charge is -2.04. The number of nitro benzene ring substituents is 1. The Morgan fingerprint density at radius 2 is 1.87 bits per heavy atom. The summed E-state index contributed by atoms with van der Waals surface area (Å²) in [5.74, 6) is -0.658. The summed E-state index contributed by atoms with van der Waals surface area (Å²) < 4.78 is 1.52. The fourth-order valence-corrected chi connectivity index (χ4v) is 2.19. The molecule has 23 heavy (non-hydrogen) atoms. The molecule has 2 rings (SSSR count). The Kier molecular flexibility index (Phi) is 5.01. The molecule has 0 aliphatic carbocycles. The second kappa shape index (κ2) is 6.96. The number of carbonyl (C=O) groups excluding carboxylic acids is 1. The van der Waals surface area contributed by atoms with Crippen molar-refractivity contribution in [1.29, 1.82) is 0 Å². The number of amides is 1. The Labute approximate surface area is 137 Å². The fraction of sp³-hybridized carbons (Fsp3) is 0.167. The maximum absolute atomic E-state index is 11.8. The molecule has 0 atom stereocenters. The lowest BCUT2D eigenvalue weighted by Crippen LogP contribution is -2.14. The van der Waals surface area contributed by atoms with E-state index in [0.29, 0.717) is 5.69 Å². The van der Waals surface area contributed by atoms with Crippen molar-refractivity contribution in [2.75, 3.05) is 5.32 Å². The second-order valence-corrected chi connectivity index (χ2v) is 5.28. The SMILES string of the molecule is O=C(CCn1cc(Br)c([N+](=O)[O-])n1)Nc1ccc([N+](=O)[O-])cc1. The van der Waals surface area contributed by atoms with Gasteiger partial charge in [-0.25, -0.2) is 0 Å². The predicted octanol–water partition coefficient (Wildman–Crippen LogP) is 2.49. The zero-order valence-electron chi connectivity index (χ0n) is 11.5. The number of benzene rings is 1. The number of hydrogen-bond acceptors (Lipinski definition) is 6. The molecule has 1 heterocycles. The van der Waals surface area contributed by atoms with E-state index in [4.69, 9.17) is 0 Å². The van der Waals surface area contributed by atoms with E-state index in [9.17, 15) is 25.0 Å². The minimum Gasteiger partial charge on any atom is -0.358 e. The fourth-order valence-electron chi connectivity index (χ4n) is 1.73. The van der Waals surface area contributed by atoms with Crippen LogP contribution in [0.1, 0.15) is 6.42 Å². The van der Waals surface area contributed by atoms with Gasteiger partial charge in [-0.2, -0.15) is 4.68 Å². The molecule has 0 saturated carbocycles. The van der Waals surface area contributed by atoms with Crippen LogP contribution in [0.2, 0.25) is 0 Å². The van der Waals surface area contributed by atoms with Crippen molar-refractivity contribution in [1.82, 2.24) is 9.78 Å². The highest BCUT2D eigenvalue weighted by atomic mass is 79.9. The molecule has 10 nitrogen and oxygen atoms in total. The molecule has 1 aromatic heterocycles. The molecule has 1 amide bonds. The zero-order chi connectivity index (χ0) is 17.0. The van der Waals surface area contributed by atoms with E-state index >= 15 is 0 Å². The number of halogens is 1. The standard InChI is InChI=1S/C12H10BrN5O5/c13-10-7-16(15-12(10)18(22)23)6-5-11(19)14-8-1-3-9(4-2-8)17(20)21/h1-4,7H,5-6H2,(H,14,19). The Morgan fingerprint density at radius 3 is 2.39 bits per heavy atom. The number of nitrogens with one attached hydrogen (secondary N) is 1. The number of nitro groups is 2. The Balaban J connectivity index is 1.91. The summed E-state index contributed by atoms with van der Waals surface area (Å²) in [4.78, 5) is 31.8. The van der Waals surface area contributed by atoms with Crippen molar-refractivity contribution in [2.24, 2.45) is 0 Å². The molecular formula is C12H10BrN5O5. The highest BCUT2D eigenvalue weighted by molar-refractivity contribution is 9.10. The summed E-state index contributed by atoms with van der Waals surface area (Å²) in [6.07, 6.45) is 1.46. The summed E-state index contributed by atoms with van der Waals surface area (Å²) in [7, 11) is 0. The van der Waals surface area contributed by atoms with Crippen LogP contribution in [0.4, 0.5) is 17.2 Å². The predicted molar refractivity (Wildman–Crippen MR) is 82.9 cm³/mol. The van der Waals surface area contributed by atoms with Crippen LogP contribution in [-0.4, -0.2) is 25.5 Å². The Bertz CT molecular complexity index is 758. The minimum absolute atomic E-state index is 0.0439. The molecular weight excluding hydrogens is 374 g/mol. The molecule has 1 N–H and O–H groups in total. The first kappa shape index (κ1) is 16.5. The summed E-state index contributed by atoms with van der Waals surface area (Å²) in [6, 6.07) is 5.41. The number of rotatable bonds is 6. The van der Waals surface area contributed by atoms with Gasteiger partial charge >= 0.3 is 5.82 Å². The third-order valence-corrected chi connectivity index (χ3v) is 3.36. The molecule has 0 saturated heterocycles. The van der Waals surface area contributed by atoms with E-state index in [2.05, 4.69) is 26.3 Å². The molecule has 0 spiro atoms. The van der Waals surface area contributed by atoms with Crippen molar-refractivity contribution >= 4 is 39.0 Å². The van der Waals surface area contributed by atoms with Gasteiger partial charge in [0.2, 0.25) is 5.91 Å². The third-order valence-electron chi connectivity index (χ3n) is 2.80. The second-order valence-electron chi connectivity index (χ2n) is 4.42. The number of aromatic nitrogens is 2. The van der Waals surface area contributed by atoms with E-state index in [1.54, 1.807) is 0 Å². The van der Waals surface area contributed by atoms with Crippen LogP contribution in [-0.2, 0) is 11.3 Å². The molecule has 0 aliphatic rings. The zero-order valence-corrected chi connectivity index (χ0v) is 13.1. The van der Waals surface area contributed by atoms with Crippen LogP contribution >= 0.6 is 15.9 Å². The lowest BCUT2D eigenvalue weighted by molar-refractivity contribution is -0.390. The molecule has 2 aromatic rings. The van der Waals surface area contributed by atoms with Gasteiger partial charge in [-0.1, -0.05) is 0 Å². The largest absolute Gasteiger partial charge is 0.404 e. The van der Waals surface area contributed by atoms with Gasteiger partial charge in [-0.15, -0.1) is 0 Å². The number of aryl methyl sites for hydroxylation is 1. The maximum Gasteiger partial charge on any atom is 0.404 e. The summed E-state index contributed by atoms with van der Waals surface area (Å²) in [5.41, 5.74) is 0.352. The first-order valence-electron chi connectivity index (χ1n) is 6.28. The molecule has 1 aromatic carbocycles. The first-order valence-corrected chi connectivity index (χ1v) is 7.08. The van der Waals surface area contributed by atoms with Crippen LogP contribution in [0.5, 0.6) is 0 Å². The van der Waals surface area contributed by atoms with E-state index in [1.165, 1.54) is 35.1 Å². The van der Waals surface area contributed by atoms with E-state index in [1.807, 2.05) is 0 Å². The number of nitrogens with zero attached hydrogens (tertiary/aromatic N) is 4. The monoisotopic (exact) mass is 383 g/mol. The van der Waals surface area contributed by atoms with Gasteiger partial charge in [0.25, 0.3) is 5.69 Å². The third kappa shape index (κ3) is 4.32. The van der Waals surface area contributed by atoms with Crippen LogP contribution in [0.25, 0.3) is 0 Å². The number of hydrogen-bond donors (Lipinski definition) is 1. The summed E-state index contributed by atoms with van der Waals surface area (Å²) >= 11 is 3.02. The average molecular weight is 384 g/mol. The van der Waals surface area contributed by atoms with Gasteiger partial charge in [0.15, 0.2) is 0 Å². The van der Waals surface area contributed by atoms with Crippen molar-refractivity contribution in [3.05, 3.63) is 55.2 Å². The van der Waals surface area contributed by atoms with Crippen LogP contribution < -0.4 is 5.32 Å². The highest BCUT2D eigenvalue weighted by Crippen LogP contribution is 2.22. The van der Waals surface area contributed by atoms with E-state index < -0.39 is 9.85 Å². The van der Waals surface area contributed by atoms with Gasteiger partial charge in [0, 0.05) is 24.2 Å². The van der Waals surface area contributed by atoms with Crippen molar-refractivity contribution < 1.29 is 14.6 Å². The molecule has 0 unspecified atom stereocenters. The quantitative estimate of drug-likeness (QED) is 0.601. The minimum atomic E-state index is -0.627. The number of carbonyl (C=O) groups is 1. The highest BCUT2D eigenvalue weighted by Gasteiger charge is 2.18. The van der Waals surface area contributed by atoms with Crippen LogP contribution in [0, 0.1) is 20.2 Å². The summed E-state index contributed by atoms with van der Waals surface area (Å²) in [6.45, 7) is 0.158. The van der Waals surface area contributed by atoms with Crippen molar-refractivity contribution in [3.8, 4) is 0 Å². The van der Waals surface area contributed by atoms with Gasteiger partial charge in [-0.05, 0) is 33.0 Å². The van der Waals surface area contributed by atoms with E-state index in [-0.39, 0.29) is 34.9 Å². The molecule has 120 valence electrons. The number of anilines is 1. The molecule has 11 heteroatoms. The Morgan fingerprint density at radius 1 is 1.22 bits per heavy atom. The molecule has 0 aliphatic heterocycles. The normalized spacial score (nSPS) is 10.3. The maximum atomic E-state index is 11.8. The van der Waals surface area contributed by atoms with Gasteiger partial charge in [-0.3, -0.25) is 14.9 Å². The topological polar surface area (TPSA) is 133 Å². The average Bonchev–Trinajstić information content (AvgIpc) is 2.87.